The Hall–Kier alpha value is -1.24. The molecule has 0 amide bonds. The molecule has 0 saturated carbocycles. The number of aromatic nitrogens is 2. The Kier molecular flexibility index (Phi) is 4.86. The molecular weight excluding hydrogens is 250 g/mol. The molecule has 0 fully saturated rings. The molecule has 0 radical (unpaired) electrons. The number of ether oxygens (including phenoxy) is 1. The summed E-state index contributed by atoms with van der Waals surface area (Å²) in [5.41, 5.74) is 0. The fraction of sp³-hybridized carbons (Fsp3) is 0.500. The smallest absolute Gasteiger partial charge is 0.228 e. The van der Waals surface area contributed by atoms with Crippen molar-refractivity contribution in [2.24, 2.45) is 0 Å². The van der Waals surface area contributed by atoms with Gasteiger partial charge in [0.05, 0.1) is 11.5 Å². The van der Waals surface area contributed by atoms with E-state index in [1.807, 2.05) is 17.5 Å². The van der Waals surface area contributed by atoms with Crippen molar-refractivity contribution < 1.29 is 9.26 Å². The topological polar surface area (TPSA) is 60.2 Å². The molecule has 2 rings (SSSR count). The van der Waals surface area contributed by atoms with E-state index in [2.05, 4.69) is 22.4 Å². The van der Waals surface area contributed by atoms with Crippen LogP contribution in [-0.2, 0) is 11.2 Å². The summed E-state index contributed by atoms with van der Waals surface area (Å²) in [4.78, 5) is 5.42. The molecule has 0 aliphatic rings. The third kappa shape index (κ3) is 3.38. The molecule has 98 valence electrons. The van der Waals surface area contributed by atoms with Crippen molar-refractivity contribution >= 4 is 11.3 Å². The summed E-state index contributed by atoms with van der Waals surface area (Å²) in [6, 6.07) is 4.16. The van der Waals surface area contributed by atoms with E-state index in [0.717, 1.165) is 11.4 Å². The molecule has 2 aromatic rings. The molecule has 2 heterocycles. The second-order valence-corrected chi connectivity index (χ2v) is 4.85. The predicted molar refractivity (Wildman–Crippen MR) is 70.7 cm³/mol. The number of rotatable bonds is 7. The van der Waals surface area contributed by atoms with Crippen LogP contribution < -0.4 is 5.32 Å². The molecule has 2 aromatic heterocycles. The summed E-state index contributed by atoms with van der Waals surface area (Å²) in [6.07, 6.45) is 0.681. The molecule has 1 atom stereocenters. The van der Waals surface area contributed by atoms with Crippen LogP contribution in [0, 0.1) is 0 Å². The predicted octanol–water partition coefficient (Wildman–Crippen LogP) is 1.97. The molecule has 0 aliphatic carbocycles. The number of nitrogens with one attached hydrogen (secondary N) is 1. The van der Waals surface area contributed by atoms with Crippen LogP contribution in [0.4, 0.5) is 0 Å². The highest BCUT2D eigenvalue weighted by Crippen LogP contribution is 2.21. The van der Waals surface area contributed by atoms with Gasteiger partial charge in [-0.05, 0) is 18.0 Å². The van der Waals surface area contributed by atoms with Crippen molar-refractivity contribution in [2.75, 3.05) is 20.3 Å². The lowest BCUT2D eigenvalue weighted by Crippen LogP contribution is -2.35. The molecule has 0 aromatic carbocycles. The van der Waals surface area contributed by atoms with Gasteiger partial charge in [0.2, 0.25) is 11.7 Å². The Labute approximate surface area is 110 Å². The Morgan fingerprint density at radius 2 is 2.44 bits per heavy atom. The van der Waals surface area contributed by atoms with Gasteiger partial charge in [0.15, 0.2) is 0 Å². The van der Waals surface area contributed by atoms with Gasteiger partial charge in [0.1, 0.15) is 0 Å². The quantitative estimate of drug-likeness (QED) is 0.831. The standard InChI is InChI=1S/C12H17N3O2S/c1-3-13-9(8-16-2)7-11-14-12(15-17-11)10-5-4-6-18-10/h4-6,9,13H,3,7-8H2,1-2H3. The molecule has 0 aliphatic heterocycles. The van der Waals surface area contributed by atoms with Crippen LogP contribution in [0.1, 0.15) is 12.8 Å². The minimum Gasteiger partial charge on any atom is -0.383 e. The SMILES string of the molecule is CCNC(COC)Cc1nc(-c2cccs2)no1. The lowest BCUT2D eigenvalue weighted by atomic mass is 10.2. The maximum absolute atomic E-state index is 5.26. The summed E-state index contributed by atoms with van der Waals surface area (Å²) in [6.45, 7) is 3.58. The lowest BCUT2D eigenvalue weighted by Gasteiger charge is -2.14. The maximum Gasteiger partial charge on any atom is 0.228 e. The van der Waals surface area contributed by atoms with Crippen LogP contribution in [0.3, 0.4) is 0 Å². The second-order valence-electron chi connectivity index (χ2n) is 3.90. The zero-order valence-corrected chi connectivity index (χ0v) is 11.4. The van der Waals surface area contributed by atoms with Crippen molar-refractivity contribution in [3.05, 3.63) is 23.4 Å². The molecule has 0 bridgehead atoms. The van der Waals surface area contributed by atoms with Gasteiger partial charge in [-0.25, -0.2) is 0 Å². The van der Waals surface area contributed by atoms with E-state index in [0.29, 0.717) is 24.7 Å². The molecule has 18 heavy (non-hydrogen) atoms. The van der Waals surface area contributed by atoms with Crippen LogP contribution >= 0.6 is 11.3 Å². The summed E-state index contributed by atoms with van der Waals surface area (Å²) in [5.74, 6) is 1.30. The van der Waals surface area contributed by atoms with E-state index >= 15 is 0 Å². The number of hydrogen-bond acceptors (Lipinski definition) is 6. The summed E-state index contributed by atoms with van der Waals surface area (Å²) in [5, 5.41) is 9.31. The minimum absolute atomic E-state index is 0.205. The first-order chi connectivity index (χ1) is 8.83. The van der Waals surface area contributed by atoms with Gasteiger partial charge in [-0.15, -0.1) is 11.3 Å². The van der Waals surface area contributed by atoms with Crippen LogP contribution in [0.2, 0.25) is 0 Å². The Balaban J connectivity index is 2.01. The largest absolute Gasteiger partial charge is 0.383 e. The third-order valence-corrected chi connectivity index (χ3v) is 3.36. The third-order valence-electron chi connectivity index (χ3n) is 2.49. The van der Waals surface area contributed by atoms with Crippen LogP contribution in [0.15, 0.2) is 22.0 Å². The average molecular weight is 267 g/mol. The monoisotopic (exact) mass is 267 g/mol. The highest BCUT2D eigenvalue weighted by Gasteiger charge is 2.14. The fourth-order valence-corrected chi connectivity index (χ4v) is 2.38. The van der Waals surface area contributed by atoms with Gasteiger partial charge in [-0.3, -0.25) is 0 Å². The number of likely N-dealkylation sites (N-methyl/N-ethyl adjacent to an activating group) is 1. The summed E-state index contributed by atoms with van der Waals surface area (Å²) >= 11 is 1.60. The zero-order chi connectivity index (χ0) is 12.8. The minimum atomic E-state index is 0.205. The van der Waals surface area contributed by atoms with Crippen LogP contribution in [0.5, 0.6) is 0 Å². The van der Waals surface area contributed by atoms with Crippen molar-refractivity contribution in [2.45, 2.75) is 19.4 Å². The normalized spacial score (nSPS) is 12.8. The first kappa shape index (κ1) is 13.2. The van der Waals surface area contributed by atoms with Gasteiger partial charge >= 0.3 is 0 Å². The average Bonchev–Trinajstić information content (AvgIpc) is 2.98. The number of hydrogen-bond donors (Lipinski definition) is 1. The fourth-order valence-electron chi connectivity index (χ4n) is 1.73. The van der Waals surface area contributed by atoms with Gasteiger partial charge < -0.3 is 14.6 Å². The first-order valence-electron chi connectivity index (χ1n) is 5.92. The molecule has 1 N–H and O–H groups in total. The van der Waals surface area contributed by atoms with Gasteiger partial charge in [0, 0.05) is 19.6 Å². The highest BCUT2D eigenvalue weighted by molar-refractivity contribution is 7.13. The Bertz CT molecular complexity index is 450. The van der Waals surface area contributed by atoms with E-state index in [1.165, 1.54) is 0 Å². The van der Waals surface area contributed by atoms with Crippen molar-refractivity contribution in [3.8, 4) is 10.7 Å². The summed E-state index contributed by atoms with van der Waals surface area (Å²) < 4.78 is 10.4. The molecule has 5 nitrogen and oxygen atoms in total. The van der Waals surface area contributed by atoms with E-state index in [-0.39, 0.29) is 6.04 Å². The maximum atomic E-state index is 5.26. The Morgan fingerprint density at radius 3 is 3.11 bits per heavy atom. The number of nitrogens with zero attached hydrogens (tertiary/aromatic N) is 2. The zero-order valence-electron chi connectivity index (χ0n) is 10.5. The first-order valence-corrected chi connectivity index (χ1v) is 6.80. The number of methoxy groups -OCH3 is 1. The Morgan fingerprint density at radius 1 is 1.56 bits per heavy atom. The number of thiophene rings is 1. The van der Waals surface area contributed by atoms with E-state index in [9.17, 15) is 0 Å². The van der Waals surface area contributed by atoms with Crippen LogP contribution in [-0.4, -0.2) is 36.4 Å². The van der Waals surface area contributed by atoms with Crippen molar-refractivity contribution in [3.63, 3.8) is 0 Å². The molecule has 0 saturated heterocycles. The molecule has 0 spiro atoms. The van der Waals surface area contributed by atoms with E-state index in [1.54, 1.807) is 18.4 Å². The molecule has 6 heteroatoms. The van der Waals surface area contributed by atoms with Crippen LogP contribution in [0.25, 0.3) is 10.7 Å². The van der Waals surface area contributed by atoms with Gasteiger partial charge in [0.25, 0.3) is 0 Å². The summed E-state index contributed by atoms with van der Waals surface area (Å²) in [7, 11) is 1.69. The molecule has 1 unspecified atom stereocenters. The molecular formula is C12H17N3O2S. The highest BCUT2D eigenvalue weighted by atomic mass is 32.1. The van der Waals surface area contributed by atoms with Gasteiger partial charge in [-0.1, -0.05) is 18.1 Å². The lowest BCUT2D eigenvalue weighted by molar-refractivity contribution is 0.162. The van der Waals surface area contributed by atoms with Crippen molar-refractivity contribution in [1.29, 1.82) is 0 Å². The second kappa shape index (κ2) is 6.63. The van der Waals surface area contributed by atoms with Crippen molar-refractivity contribution in [1.82, 2.24) is 15.5 Å². The van der Waals surface area contributed by atoms with E-state index < -0.39 is 0 Å². The van der Waals surface area contributed by atoms with E-state index in [4.69, 9.17) is 9.26 Å². The van der Waals surface area contributed by atoms with Gasteiger partial charge in [-0.2, -0.15) is 4.98 Å².